The topological polar surface area (TPSA) is 114 Å². The number of hydrogen-bond donors (Lipinski definition) is 3. The third-order valence-corrected chi connectivity index (χ3v) is 2.18. The molecule has 15 heavy (non-hydrogen) atoms. The van der Waals surface area contributed by atoms with Crippen molar-refractivity contribution in [3.8, 4) is 0 Å². The molecule has 0 atom stereocenters. The van der Waals surface area contributed by atoms with E-state index in [1.54, 1.807) is 0 Å². The lowest BCUT2D eigenvalue weighted by molar-refractivity contribution is -0.136. The van der Waals surface area contributed by atoms with Crippen molar-refractivity contribution in [1.82, 2.24) is 4.98 Å². The van der Waals surface area contributed by atoms with Crippen molar-refractivity contribution in [1.29, 1.82) is 0 Å². The fourth-order valence-corrected chi connectivity index (χ4v) is 1.47. The molecule has 0 fully saturated rings. The summed E-state index contributed by atoms with van der Waals surface area (Å²) in [4.78, 5) is 24.8. The van der Waals surface area contributed by atoms with Gasteiger partial charge in [0.2, 0.25) is 0 Å². The first-order valence-electron chi connectivity index (χ1n) is 3.87. The third kappa shape index (κ3) is 3.06. The molecule has 0 saturated carbocycles. The first-order chi connectivity index (χ1) is 7.00. The number of nitrogens with zero attached hydrogens (tertiary/aromatic N) is 1. The fraction of sp³-hybridized carbons (Fsp3) is 0.125. The molecule has 0 saturated heterocycles. The minimum atomic E-state index is -1.22. The zero-order valence-corrected chi connectivity index (χ0v) is 8.32. The Balaban J connectivity index is 2.98. The van der Waals surface area contributed by atoms with Crippen LogP contribution in [0.25, 0.3) is 5.57 Å². The number of carbonyl (C=O) groups is 2. The highest BCUT2D eigenvalue weighted by atomic mass is 32.1. The molecular weight excluding hydrogens is 220 g/mol. The summed E-state index contributed by atoms with van der Waals surface area (Å²) in [6, 6.07) is 0. The molecule has 1 aromatic heterocycles. The van der Waals surface area contributed by atoms with Crippen LogP contribution >= 0.6 is 11.3 Å². The second-order valence-corrected chi connectivity index (χ2v) is 3.48. The Morgan fingerprint density at radius 2 is 2.20 bits per heavy atom. The number of carboxylic acids is 2. The molecule has 4 N–H and O–H groups in total. The van der Waals surface area contributed by atoms with Gasteiger partial charge in [-0.2, -0.15) is 0 Å². The lowest BCUT2D eigenvalue weighted by atomic mass is 10.2. The van der Waals surface area contributed by atoms with Gasteiger partial charge in [0.25, 0.3) is 0 Å². The number of aromatic nitrogens is 1. The Hall–Kier alpha value is -1.89. The predicted molar refractivity (Wildman–Crippen MR) is 54.4 cm³/mol. The van der Waals surface area contributed by atoms with Gasteiger partial charge in [0.15, 0.2) is 5.13 Å². The van der Waals surface area contributed by atoms with Crippen LogP contribution in [-0.4, -0.2) is 27.1 Å². The van der Waals surface area contributed by atoms with Gasteiger partial charge in [-0.3, -0.25) is 4.79 Å². The summed E-state index contributed by atoms with van der Waals surface area (Å²) < 4.78 is 0. The van der Waals surface area contributed by atoms with E-state index >= 15 is 0 Å². The largest absolute Gasteiger partial charge is 0.481 e. The highest BCUT2D eigenvalue weighted by molar-refractivity contribution is 7.13. The summed E-state index contributed by atoms with van der Waals surface area (Å²) in [6.45, 7) is 0. The summed E-state index contributed by atoms with van der Waals surface area (Å²) >= 11 is 1.10. The molecule has 0 radical (unpaired) electrons. The molecule has 80 valence electrons. The van der Waals surface area contributed by atoms with Gasteiger partial charge in [-0.05, 0) is 0 Å². The van der Waals surface area contributed by atoms with E-state index in [0.717, 1.165) is 17.4 Å². The van der Waals surface area contributed by atoms with Crippen molar-refractivity contribution in [2.45, 2.75) is 6.42 Å². The molecule has 0 spiro atoms. The average Bonchev–Trinajstić information content (AvgIpc) is 2.51. The van der Waals surface area contributed by atoms with Crippen molar-refractivity contribution >= 4 is 34.0 Å². The number of rotatable bonds is 4. The molecule has 1 aromatic rings. The number of thiazole rings is 1. The normalized spacial score (nSPS) is 11.3. The van der Waals surface area contributed by atoms with Gasteiger partial charge in [-0.15, -0.1) is 11.3 Å². The van der Waals surface area contributed by atoms with E-state index in [0.29, 0.717) is 0 Å². The molecule has 0 aliphatic heterocycles. The van der Waals surface area contributed by atoms with E-state index in [1.807, 2.05) is 0 Å². The van der Waals surface area contributed by atoms with Crippen LogP contribution in [-0.2, 0) is 9.59 Å². The van der Waals surface area contributed by atoms with Crippen molar-refractivity contribution in [2.24, 2.45) is 0 Å². The Labute approximate surface area is 88.7 Å². The fourth-order valence-electron chi connectivity index (χ4n) is 0.902. The minimum absolute atomic E-state index is 0.148. The number of aliphatic carboxylic acids is 2. The Morgan fingerprint density at radius 3 is 2.60 bits per heavy atom. The van der Waals surface area contributed by atoms with Crippen LogP contribution in [0.15, 0.2) is 11.5 Å². The molecule has 7 heteroatoms. The number of hydrogen-bond acceptors (Lipinski definition) is 5. The summed E-state index contributed by atoms with van der Waals surface area (Å²) in [5.74, 6) is -2.32. The van der Waals surface area contributed by atoms with Crippen LogP contribution in [0.2, 0.25) is 0 Å². The second-order valence-electron chi connectivity index (χ2n) is 2.59. The van der Waals surface area contributed by atoms with Crippen LogP contribution < -0.4 is 5.73 Å². The first kappa shape index (κ1) is 11.2. The SMILES string of the molecule is Nc1nc(/C(=C/CC(=O)O)C(=O)O)cs1. The van der Waals surface area contributed by atoms with Gasteiger partial charge >= 0.3 is 11.9 Å². The molecule has 1 rings (SSSR count). The van der Waals surface area contributed by atoms with Gasteiger partial charge in [0.05, 0.1) is 17.7 Å². The van der Waals surface area contributed by atoms with E-state index in [1.165, 1.54) is 5.38 Å². The van der Waals surface area contributed by atoms with Crippen LogP contribution in [0, 0.1) is 0 Å². The lowest BCUT2D eigenvalue weighted by Gasteiger charge is -1.96. The summed E-state index contributed by atoms with van der Waals surface area (Å²) in [7, 11) is 0. The first-order valence-corrected chi connectivity index (χ1v) is 4.75. The quantitative estimate of drug-likeness (QED) is 0.652. The maximum atomic E-state index is 10.8. The number of carboxylic acid groups (broad SMARTS) is 2. The average molecular weight is 228 g/mol. The molecule has 0 aliphatic rings. The van der Waals surface area contributed by atoms with E-state index in [-0.39, 0.29) is 22.8 Å². The van der Waals surface area contributed by atoms with Gasteiger partial charge in [0.1, 0.15) is 0 Å². The molecule has 1 heterocycles. The lowest BCUT2D eigenvalue weighted by Crippen LogP contribution is -2.02. The molecular formula is C8H8N2O4S. The van der Waals surface area contributed by atoms with Crippen molar-refractivity contribution in [2.75, 3.05) is 5.73 Å². The third-order valence-electron chi connectivity index (χ3n) is 1.51. The van der Waals surface area contributed by atoms with E-state index in [2.05, 4.69) is 4.98 Å². The zero-order valence-electron chi connectivity index (χ0n) is 7.51. The number of nitrogens with two attached hydrogens (primary N) is 1. The van der Waals surface area contributed by atoms with Crippen LogP contribution in [0.4, 0.5) is 5.13 Å². The Morgan fingerprint density at radius 1 is 1.53 bits per heavy atom. The predicted octanol–water partition coefficient (Wildman–Crippen LogP) is 0.668. The molecule has 0 aromatic carbocycles. The van der Waals surface area contributed by atoms with Crippen molar-refractivity contribution < 1.29 is 19.8 Å². The van der Waals surface area contributed by atoms with Gasteiger partial charge in [-0.25, -0.2) is 9.78 Å². The second kappa shape index (κ2) is 4.56. The summed E-state index contributed by atoms with van der Waals surface area (Å²) in [5, 5.41) is 18.9. The van der Waals surface area contributed by atoms with E-state index < -0.39 is 11.9 Å². The van der Waals surface area contributed by atoms with Gasteiger partial charge < -0.3 is 15.9 Å². The summed E-state index contributed by atoms with van der Waals surface area (Å²) in [6.07, 6.45) is 0.734. The Kier molecular flexibility index (Phi) is 3.40. The number of anilines is 1. The minimum Gasteiger partial charge on any atom is -0.481 e. The maximum Gasteiger partial charge on any atom is 0.337 e. The van der Waals surface area contributed by atoms with Crippen molar-refractivity contribution in [3.05, 3.63) is 17.2 Å². The van der Waals surface area contributed by atoms with Crippen LogP contribution in [0.5, 0.6) is 0 Å². The summed E-state index contributed by atoms with van der Waals surface area (Å²) in [5.41, 5.74) is 5.38. The molecule has 0 unspecified atom stereocenters. The van der Waals surface area contributed by atoms with Crippen LogP contribution in [0.3, 0.4) is 0 Å². The maximum absolute atomic E-state index is 10.8. The van der Waals surface area contributed by atoms with Crippen LogP contribution in [0.1, 0.15) is 12.1 Å². The van der Waals surface area contributed by atoms with Gasteiger partial charge in [-0.1, -0.05) is 6.08 Å². The smallest absolute Gasteiger partial charge is 0.337 e. The zero-order chi connectivity index (χ0) is 11.4. The monoisotopic (exact) mass is 228 g/mol. The van der Waals surface area contributed by atoms with E-state index in [4.69, 9.17) is 15.9 Å². The number of nitrogen functional groups attached to an aromatic ring is 1. The molecule has 6 nitrogen and oxygen atoms in total. The Bertz CT molecular complexity index is 424. The van der Waals surface area contributed by atoms with E-state index in [9.17, 15) is 9.59 Å². The molecule has 0 bridgehead atoms. The highest BCUT2D eigenvalue weighted by Gasteiger charge is 2.13. The molecule has 0 amide bonds. The van der Waals surface area contributed by atoms with Crippen molar-refractivity contribution in [3.63, 3.8) is 0 Å². The highest BCUT2D eigenvalue weighted by Crippen LogP contribution is 2.19. The van der Waals surface area contributed by atoms with Gasteiger partial charge in [0, 0.05) is 5.38 Å². The standard InChI is InChI=1S/C8H8N2O4S/c9-8-10-5(3-15-8)4(7(13)14)1-2-6(11)12/h1,3H,2H2,(H2,9,10)(H,11,12)(H,13,14)/b4-1-. The molecule has 0 aliphatic carbocycles.